The molecule has 0 radical (unpaired) electrons. The van der Waals surface area contributed by atoms with Gasteiger partial charge in [-0.2, -0.15) is 0 Å². The fraction of sp³-hybridized carbons (Fsp3) is 1.00. The molecular weight excluding hydrogens is 188 g/mol. The molecule has 1 rings (SSSR count). The third-order valence-corrected chi connectivity index (χ3v) is 3.12. The summed E-state index contributed by atoms with van der Waals surface area (Å²) in [6.45, 7) is 12.0. The van der Waals surface area contributed by atoms with E-state index in [9.17, 15) is 0 Å². The highest BCUT2D eigenvalue weighted by Gasteiger charge is 2.22. The van der Waals surface area contributed by atoms with E-state index in [0.717, 1.165) is 39.2 Å². The minimum Gasteiger partial charge on any atom is -0.376 e. The van der Waals surface area contributed by atoms with E-state index in [0.29, 0.717) is 12.1 Å². The quantitative estimate of drug-likeness (QED) is 0.678. The van der Waals surface area contributed by atoms with Crippen molar-refractivity contribution in [1.82, 2.24) is 10.2 Å². The van der Waals surface area contributed by atoms with E-state index in [2.05, 4.69) is 31.0 Å². The molecule has 1 aliphatic heterocycles. The summed E-state index contributed by atoms with van der Waals surface area (Å²) in [5, 5.41) is 3.48. The summed E-state index contributed by atoms with van der Waals surface area (Å²) >= 11 is 0. The van der Waals surface area contributed by atoms with Gasteiger partial charge in [-0.3, -0.25) is 4.90 Å². The van der Waals surface area contributed by atoms with E-state index in [1.54, 1.807) is 0 Å². The van der Waals surface area contributed by atoms with Gasteiger partial charge < -0.3 is 10.1 Å². The maximum absolute atomic E-state index is 5.67. The lowest BCUT2D eigenvalue weighted by molar-refractivity contribution is -0.0416. The van der Waals surface area contributed by atoms with Gasteiger partial charge in [-0.05, 0) is 26.3 Å². The lowest BCUT2D eigenvalue weighted by Gasteiger charge is -2.36. The fourth-order valence-corrected chi connectivity index (χ4v) is 2.01. The third-order valence-electron chi connectivity index (χ3n) is 3.12. The zero-order valence-corrected chi connectivity index (χ0v) is 10.5. The fourth-order valence-electron chi connectivity index (χ4n) is 2.01. The molecule has 0 bridgehead atoms. The van der Waals surface area contributed by atoms with Gasteiger partial charge in [0.1, 0.15) is 0 Å². The van der Waals surface area contributed by atoms with E-state index < -0.39 is 0 Å². The maximum atomic E-state index is 5.67. The Labute approximate surface area is 94.2 Å². The molecule has 0 aromatic heterocycles. The average Bonchev–Trinajstić information content (AvgIpc) is 2.29. The van der Waals surface area contributed by atoms with Crippen LogP contribution in [-0.4, -0.2) is 49.8 Å². The Morgan fingerprint density at radius 1 is 1.47 bits per heavy atom. The van der Waals surface area contributed by atoms with Gasteiger partial charge in [-0.15, -0.1) is 0 Å². The molecule has 1 saturated heterocycles. The number of rotatable bonds is 6. The maximum Gasteiger partial charge on any atom is 0.0700 e. The Bertz CT molecular complexity index is 164. The van der Waals surface area contributed by atoms with Gasteiger partial charge in [0, 0.05) is 25.7 Å². The summed E-state index contributed by atoms with van der Waals surface area (Å²) in [4.78, 5) is 2.54. The van der Waals surface area contributed by atoms with Gasteiger partial charge in [0.05, 0.1) is 12.7 Å². The molecule has 1 N–H and O–H groups in total. The molecule has 1 heterocycles. The second-order valence-electron chi connectivity index (χ2n) is 4.45. The van der Waals surface area contributed by atoms with Crippen LogP contribution in [0.1, 0.15) is 33.6 Å². The topological polar surface area (TPSA) is 24.5 Å². The van der Waals surface area contributed by atoms with E-state index >= 15 is 0 Å². The minimum atomic E-state index is 0.451. The number of morpholine rings is 1. The summed E-state index contributed by atoms with van der Waals surface area (Å²) < 4.78 is 5.67. The van der Waals surface area contributed by atoms with Crippen molar-refractivity contribution in [3.05, 3.63) is 0 Å². The van der Waals surface area contributed by atoms with E-state index in [1.165, 1.54) is 6.42 Å². The van der Waals surface area contributed by atoms with Crippen LogP contribution in [0, 0.1) is 0 Å². The molecule has 3 heteroatoms. The van der Waals surface area contributed by atoms with Gasteiger partial charge in [0.15, 0.2) is 0 Å². The first-order valence-electron chi connectivity index (χ1n) is 6.34. The van der Waals surface area contributed by atoms with Gasteiger partial charge in [-0.1, -0.05) is 13.8 Å². The molecule has 1 aliphatic rings. The lowest BCUT2D eigenvalue weighted by atomic mass is 10.2. The Morgan fingerprint density at radius 3 is 2.93 bits per heavy atom. The first-order valence-corrected chi connectivity index (χ1v) is 6.34. The highest BCUT2D eigenvalue weighted by molar-refractivity contribution is 4.76. The molecular formula is C12H26N2O. The normalized spacial score (nSPS) is 25.4. The molecule has 2 unspecified atom stereocenters. The predicted octanol–water partition coefficient (Wildman–Crippen LogP) is 1.49. The number of hydrogen-bond donors (Lipinski definition) is 1. The molecule has 0 aliphatic carbocycles. The van der Waals surface area contributed by atoms with Crippen molar-refractivity contribution in [2.45, 2.75) is 45.8 Å². The van der Waals surface area contributed by atoms with Crippen molar-refractivity contribution in [1.29, 1.82) is 0 Å². The highest BCUT2D eigenvalue weighted by Crippen LogP contribution is 2.10. The molecule has 0 aromatic rings. The number of nitrogens with one attached hydrogen (secondary N) is 1. The van der Waals surface area contributed by atoms with Gasteiger partial charge in [0.25, 0.3) is 0 Å². The van der Waals surface area contributed by atoms with E-state index in [-0.39, 0.29) is 0 Å². The van der Waals surface area contributed by atoms with Crippen LogP contribution >= 0.6 is 0 Å². The lowest BCUT2D eigenvalue weighted by Crippen LogP contribution is -2.49. The van der Waals surface area contributed by atoms with Crippen molar-refractivity contribution in [3.63, 3.8) is 0 Å². The molecule has 2 atom stereocenters. The zero-order valence-electron chi connectivity index (χ0n) is 10.5. The average molecular weight is 214 g/mol. The molecule has 0 spiro atoms. The van der Waals surface area contributed by atoms with Crippen molar-refractivity contribution in [3.8, 4) is 0 Å². The SMILES string of the molecule is CCCNCC(C)N1CCOC(CC)C1. The molecule has 90 valence electrons. The third kappa shape index (κ3) is 4.49. The summed E-state index contributed by atoms with van der Waals surface area (Å²) in [6.07, 6.45) is 2.80. The van der Waals surface area contributed by atoms with Crippen LogP contribution in [0.4, 0.5) is 0 Å². The predicted molar refractivity (Wildman–Crippen MR) is 64.2 cm³/mol. The van der Waals surface area contributed by atoms with Gasteiger partial charge >= 0.3 is 0 Å². The standard InChI is InChI=1S/C12H26N2O/c1-4-6-13-9-11(3)14-7-8-15-12(5-2)10-14/h11-13H,4-10H2,1-3H3. The van der Waals surface area contributed by atoms with Crippen LogP contribution in [0.2, 0.25) is 0 Å². The Hall–Kier alpha value is -0.120. The molecule has 3 nitrogen and oxygen atoms in total. The smallest absolute Gasteiger partial charge is 0.0700 e. The summed E-state index contributed by atoms with van der Waals surface area (Å²) in [7, 11) is 0. The first kappa shape index (κ1) is 12.9. The number of hydrogen-bond acceptors (Lipinski definition) is 3. The van der Waals surface area contributed by atoms with Crippen molar-refractivity contribution >= 4 is 0 Å². The molecule has 0 aromatic carbocycles. The summed E-state index contributed by atoms with van der Waals surface area (Å²) in [6, 6.07) is 0.634. The zero-order chi connectivity index (χ0) is 11.1. The van der Waals surface area contributed by atoms with E-state index in [1.807, 2.05) is 0 Å². The Morgan fingerprint density at radius 2 is 2.27 bits per heavy atom. The van der Waals surface area contributed by atoms with Crippen LogP contribution in [0.5, 0.6) is 0 Å². The highest BCUT2D eigenvalue weighted by atomic mass is 16.5. The number of ether oxygens (including phenoxy) is 1. The Balaban J connectivity index is 2.22. The number of nitrogens with zero attached hydrogens (tertiary/aromatic N) is 1. The second kappa shape index (κ2) is 7.20. The summed E-state index contributed by atoms with van der Waals surface area (Å²) in [5.74, 6) is 0. The van der Waals surface area contributed by atoms with Crippen LogP contribution in [-0.2, 0) is 4.74 Å². The second-order valence-corrected chi connectivity index (χ2v) is 4.45. The largest absolute Gasteiger partial charge is 0.376 e. The van der Waals surface area contributed by atoms with E-state index in [4.69, 9.17) is 4.74 Å². The molecule has 0 amide bonds. The van der Waals surface area contributed by atoms with Crippen LogP contribution in [0.25, 0.3) is 0 Å². The molecule has 1 fully saturated rings. The van der Waals surface area contributed by atoms with Crippen molar-refractivity contribution in [2.24, 2.45) is 0 Å². The van der Waals surface area contributed by atoms with Gasteiger partial charge in [0.2, 0.25) is 0 Å². The molecule has 15 heavy (non-hydrogen) atoms. The van der Waals surface area contributed by atoms with Crippen LogP contribution < -0.4 is 5.32 Å². The first-order chi connectivity index (χ1) is 7.27. The van der Waals surface area contributed by atoms with Crippen LogP contribution in [0.3, 0.4) is 0 Å². The van der Waals surface area contributed by atoms with Gasteiger partial charge in [-0.25, -0.2) is 0 Å². The molecule has 0 saturated carbocycles. The van der Waals surface area contributed by atoms with Crippen LogP contribution in [0.15, 0.2) is 0 Å². The van der Waals surface area contributed by atoms with Crippen molar-refractivity contribution < 1.29 is 4.74 Å². The minimum absolute atomic E-state index is 0.451. The summed E-state index contributed by atoms with van der Waals surface area (Å²) in [5.41, 5.74) is 0. The monoisotopic (exact) mass is 214 g/mol. The van der Waals surface area contributed by atoms with Crippen molar-refractivity contribution in [2.75, 3.05) is 32.8 Å². The Kier molecular flexibility index (Phi) is 6.22.